The van der Waals surface area contributed by atoms with E-state index in [4.69, 9.17) is 16.7 Å². The minimum atomic E-state index is 0.0252. The third-order valence-electron chi connectivity index (χ3n) is 3.28. The van der Waals surface area contributed by atoms with Gasteiger partial charge in [-0.15, -0.1) is 11.3 Å². The summed E-state index contributed by atoms with van der Waals surface area (Å²) in [6, 6.07) is 5.51. The third kappa shape index (κ3) is 2.76. The molecule has 5 heteroatoms. The number of nitrogens with one attached hydrogen (secondary N) is 1. The highest BCUT2D eigenvalue weighted by Crippen LogP contribution is 2.29. The van der Waals surface area contributed by atoms with Gasteiger partial charge < -0.3 is 10.4 Å². The molecule has 0 spiro atoms. The number of fused-ring (bicyclic) bond motifs is 1. The molecule has 0 amide bonds. The smallest absolute Gasteiger partial charge is 0.112 e. The summed E-state index contributed by atoms with van der Waals surface area (Å²) in [7, 11) is 0. The van der Waals surface area contributed by atoms with E-state index in [-0.39, 0.29) is 6.61 Å². The van der Waals surface area contributed by atoms with Gasteiger partial charge in [0.25, 0.3) is 0 Å². The number of halogens is 1. The first-order valence-corrected chi connectivity index (χ1v) is 7.56. The van der Waals surface area contributed by atoms with Crippen molar-refractivity contribution in [3.63, 3.8) is 0 Å². The van der Waals surface area contributed by atoms with Crippen LogP contribution in [-0.4, -0.2) is 10.1 Å². The Labute approximate surface area is 121 Å². The van der Waals surface area contributed by atoms with Crippen molar-refractivity contribution in [2.24, 2.45) is 0 Å². The second-order valence-electron chi connectivity index (χ2n) is 4.66. The Morgan fingerprint density at radius 1 is 1.37 bits per heavy atom. The van der Waals surface area contributed by atoms with E-state index in [0.717, 1.165) is 22.7 Å². The molecule has 1 aliphatic rings. The Balaban J connectivity index is 1.71. The van der Waals surface area contributed by atoms with Crippen molar-refractivity contribution in [2.45, 2.75) is 32.4 Å². The van der Waals surface area contributed by atoms with Gasteiger partial charge in [-0.1, -0.05) is 17.7 Å². The zero-order valence-corrected chi connectivity index (χ0v) is 12.0. The number of aryl methyl sites for hydroxylation is 2. The number of aromatic nitrogens is 1. The van der Waals surface area contributed by atoms with Crippen molar-refractivity contribution in [3.8, 4) is 0 Å². The van der Waals surface area contributed by atoms with Crippen LogP contribution in [0.15, 0.2) is 18.2 Å². The van der Waals surface area contributed by atoms with E-state index in [2.05, 4.69) is 10.3 Å². The predicted octanol–water partition coefficient (Wildman–Crippen LogP) is 3.39. The van der Waals surface area contributed by atoms with E-state index in [1.54, 1.807) is 17.4 Å². The molecule has 1 aliphatic carbocycles. The van der Waals surface area contributed by atoms with Crippen LogP contribution in [-0.2, 0) is 26.0 Å². The maximum Gasteiger partial charge on any atom is 0.112 e. The van der Waals surface area contributed by atoms with Gasteiger partial charge in [-0.05, 0) is 37.0 Å². The fourth-order valence-corrected chi connectivity index (χ4v) is 3.58. The summed E-state index contributed by atoms with van der Waals surface area (Å²) < 4.78 is 0. The Kier molecular flexibility index (Phi) is 3.73. The number of aliphatic hydroxyl groups excluding tert-OH is 1. The van der Waals surface area contributed by atoms with Gasteiger partial charge in [-0.25, -0.2) is 4.98 Å². The molecule has 100 valence electrons. The summed E-state index contributed by atoms with van der Waals surface area (Å²) in [6.07, 6.45) is 3.53. The van der Waals surface area contributed by atoms with Crippen LogP contribution in [0, 0.1) is 0 Å². The van der Waals surface area contributed by atoms with Crippen molar-refractivity contribution in [1.82, 2.24) is 4.98 Å². The minimum absolute atomic E-state index is 0.0252. The molecule has 0 fully saturated rings. The van der Waals surface area contributed by atoms with E-state index in [9.17, 15) is 0 Å². The van der Waals surface area contributed by atoms with Gasteiger partial charge in [0.15, 0.2) is 0 Å². The molecule has 1 aromatic heterocycles. The van der Waals surface area contributed by atoms with Gasteiger partial charge in [-0.2, -0.15) is 0 Å². The van der Waals surface area contributed by atoms with Gasteiger partial charge in [-0.3, -0.25) is 0 Å². The Morgan fingerprint density at radius 2 is 2.26 bits per heavy atom. The average Bonchev–Trinajstić information content (AvgIpc) is 2.98. The van der Waals surface area contributed by atoms with E-state index in [1.165, 1.54) is 23.4 Å². The molecule has 0 bridgehead atoms. The molecule has 0 unspecified atom stereocenters. The fourth-order valence-electron chi connectivity index (χ4n) is 2.30. The van der Waals surface area contributed by atoms with Crippen LogP contribution in [0.3, 0.4) is 0 Å². The average molecular weight is 295 g/mol. The maximum absolute atomic E-state index is 9.14. The second kappa shape index (κ2) is 5.49. The second-order valence-corrected chi connectivity index (χ2v) is 6.23. The van der Waals surface area contributed by atoms with Crippen LogP contribution in [0.1, 0.15) is 27.6 Å². The SMILES string of the molecule is OCc1ccc(Cl)c(NCc2nc3c(s2)CCC3)c1. The maximum atomic E-state index is 9.14. The van der Waals surface area contributed by atoms with Gasteiger partial charge in [0.2, 0.25) is 0 Å². The Hall–Kier alpha value is -1.10. The van der Waals surface area contributed by atoms with E-state index in [1.807, 2.05) is 12.1 Å². The Bertz CT molecular complexity index is 576. The van der Waals surface area contributed by atoms with Gasteiger partial charge >= 0.3 is 0 Å². The van der Waals surface area contributed by atoms with Crippen molar-refractivity contribution in [3.05, 3.63) is 44.4 Å². The molecule has 0 aliphatic heterocycles. The minimum Gasteiger partial charge on any atom is -0.392 e. The van der Waals surface area contributed by atoms with E-state index >= 15 is 0 Å². The highest BCUT2D eigenvalue weighted by Gasteiger charge is 2.16. The lowest BCUT2D eigenvalue weighted by Crippen LogP contribution is -2.00. The first-order valence-electron chi connectivity index (χ1n) is 6.37. The van der Waals surface area contributed by atoms with Crippen LogP contribution >= 0.6 is 22.9 Å². The van der Waals surface area contributed by atoms with Crippen LogP contribution in [0.4, 0.5) is 5.69 Å². The number of hydrogen-bond donors (Lipinski definition) is 2. The number of anilines is 1. The Morgan fingerprint density at radius 3 is 3.05 bits per heavy atom. The number of aliphatic hydroxyl groups is 1. The van der Waals surface area contributed by atoms with Crippen molar-refractivity contribution < 1.29 is 5.11 Å². The fraction of sp³-hybridized carbons (Fsp3) is 0.357. The summed E-state index contributed by atoms with van der Waals surface area (Å²) in [5.41, 5.74) is 2.98. The lowest BCUT2D eigenvalue weighted by Gasteiger charge is -2.08. The van der Waals surface area contributed by atoms with Gasteiger partial charge in [0.05, 0.1) is 29.6 Å². The molecule has 2 N–H and O–H groups in total. The number of rotatable bonds is 4. The number of hydrogen-bond acceptors (Lipinski definition) is 4. The van der Waals surface area contributed by atoms with Gasteiger partial charge in [0.1, 0.15) is 5.01 Å². The van der Waals surface area contributed by atoms with E-state index < -0.39 is 0 Å². The zero-order valence-electron chi connectivity index (χ0n) is 10.4. The molecule has 0 saturated carbocycles. The van der Waals surface area contributed by atoms with Gasteiger partial charge in [0, 0.05) is 4.88 Å². The summed E-state index contributed by atoms with van der Waals surface area (Å²) in [5, 5.41) is 14.2. The number of benzene rings is 1. The molecule has 1 heterocycles. The molecule has 3 rings (SSSR count). The molecule has 0 atom stereocenters. The molecule has 0 radical (unpaired) electrons. The quantitative estimate of drug-likeness (QED) is 0.908. The first-order chi connectivity index (χ1) is 9.26. The van der Waals surface area contributed by atoms with Crippen LogP contribution in [0.5, 0.6) is 0 Å². The summed E-state index contributed by atoms with van der Waals surface area (Å²) in [6.45, 7) is 0.712. The summed E-state index contributed by atoms with van der Waals surface area (Å²) in [4.78, 5) is 6.08. The third-order valence-corrected chi connectivity index (χ3v) is 4.77. The summed E-state index contributed by atoms with van der Waals surface area (Å²) >= 11 is 7.92. The number of nitrogens with zero attached hydrogens (tertiary/aromatic N) is 1. The molecule has 0 saturated heterocycles. The first kappa shape index (κ1) is 12.9. The predicted molar refractivity (Wildman–Crippen MR) is 78.8 cm³/mol. The highest BCUT2D eigenvalue weighted by molar-refractivity contribution is 7.11. The molecule has 19 heavy (non-hydrogen) atoms. The van der Waals surface area contributed by atoms with E-state index in [0.29, 0.717) is 11.6 Å². The number of thiazole rings is 1. The van der Waals surface area contributed by atoms with Crippen molar-refractivity contribution >= 4 is 28.6 Å². The highest BCUT2D eigenvalue weighted by atomic mass is 35.5. The molecule has 3 nitrogen and oxygen atoms in total. The lowest BCUT2D eigenvalue weighted by atomic mass is 10.2. The largest absolute Gasteiger partial charge is 0.392 e. The summed E-state index contributed by atoms with van der Waals surface area (Å²) in [5.74, 6) is 0. The standard InChI is InChI=1S/C14H15ClN2OS/c15-10-5-4-9(8-18)6-12(10)16-7-14-17-11-2-1-3-13(11)19-14/h4-6,16,18H,1-3,7-8H2. The van der Waals surface area contributed by atoms with Crippen LogP contribution < -0.4 is 5.32 Å². The molecular weight excluding hydrogens is 280 g/mol. The molecule has 1 aromatic carbocycles. The monoisotopic (exact) mass is 294 g/mol. The van der Waals surface area contributed by atoms with Crippen LogP contribution in [0.25, 0.3) is 0 Å². The normalized spacial score (nSPS) is 13.6. The molecule has 2 aromatic rings. The topological polar surface area (TPSA) is 45.1 Å². The van der Waals surface area contributed by atoms with Crippen molar-refractivity contribution in [2.75, 3.05) is 5.32 Å². The lowest BCUT2D eigenvalue weighted by molar-refractivity contribution is 0.282. The zero-order chi connectivity index (χ0) is 13.2. The van der Waals surface area contributed by atoms with Crippen LogP contribution in [0.2, 0.25) is 5.02 Å². The molecular formula is C14H15ClN2OS. The van der Waals surface area contributed by atoms with Crippen molar-refractivity contribution in [1.29, 1.82) is 0 Å².